The van der Waals surface area contributed by atoms with Crippen LogP contribution in [0, 0.1) is 6.92 Å². The Hall–Kier alpha value is -4.01. The van der Waals surface area contributed by atoms with Crippen molar-refractivity contribution in [1.29, 1.82) is 0 Å². The summed E-state index contributed by atoms with van der Waals surface area (Å²) in [5.74, 6) is 0.795. The van der Waals surface area contributed by atoms with E-state index in [1.165, 1.54) is 20.7 Å². The molecule has 5 aromatic heterocycles. The molecule has 1 aromatic carbocycles. The van der Waals surface area contributed by atoms with Crippen LogP contribution in [0.25, 0.3) is 54.9 Å². The lowest BCUT2D eigenvalue weighted by atomic mass is 10.1. The Morgan fingerprint density at radius 1 is 0.946 bits per heavy atom. The van der Waals surface area contributed by atoms with Crippen LogP contribution in [0.5, 0.6) is 5.75 Å². The van der Waals surface area contributed by atoms with Gasteiger partial charge < -0.3 is 15.0 Å². The molecule has 0 radical (unpaired) electrons. The summed E-state index contributed by atoms with van der Waals surface area (Å²) < 4.78 is 6.22. The zero-order valence-corrected chi connectivity index (χ0v) is 21.2. The Morgan fingerprint density at radius 2 is 1.84 bits per heavy atom. The van der Waals surface area contributed by atoms with Gasteiger partial charge in [-0.15, -0.1) is 11.3 Å². The highest BCUT2D eigenvalue weighted by Gasteiger charge is 2.17. The van der Waals surface area contributed by atoms with Crippen molar-refractivity contribution in [3.63, 3.8) is 0 Å². The number of pyridine rings is 2. The van der Waals surface area contributed by atoms with Crippen LogP contribution in [0.3, 0.4) is 0 Å². The molecule has 0 aliphatic carbocycles. The third-order valence-corrected chi connectivity index (χ3v) is 8.01. The van der Waals surface area contributed by atoms with Gasteiger partial charge in [-0.1, -0.05) is 12.1 Å². The van der Waals surface area contributed by atoms with Gasteiger partial charge in [0.15, 0.2) is 5.65 Å². The molecular formula is C29H26N6OS. The fourth-order valence-electron chi connectivity index (χ4n) is 5.09. The molecule has 8 heteroatoms. The van der Waals surface area contributed by atoms with Crippen LogP contribution in [-0.2, 0) is 0 Å². The number of aryl methyl sites for hydroxylation is 1. The van der Waals surface area contributed by atoms with Crippen LogP contribution in [-0.4, -0.2) is 44.3 Å². The fourth-order valence-corrected chi connectivity index (χ4v) is 6.00. The summed E-state index contributed by atoms with van der Waals surface area (Å²) in [6.07, 6.45) is 7.75. The first-order valence-electron chi connectivity index (χ1n) is 12.6. The minimum Gasteiger partial charge on any atom is -0.489 e. The molecule has 0 amide bonds. The molecule has 0 unspecified atom stereocenters. The van der Waals surface area contributed by atoms with Gasteiger partial charge in [0.1, 0.15) is 17.5 Å². The van der Waals surface area contributed by atoms with Crippen LogP contribution < -0.4 is 10.1 Å². The van der Waals surface area contributed by atoms with Crippen molar-refractivity contribution in [3.8, 4) is 38.7 Å². The maximum absolute atomic E-state index is 6.22. The minimum atomic E-state index is 0.226. The van der Waals surface area contributed by atoms with E-state index in [0.717, 1.165) is 70.7 Å². The lowest BCUT2D eigenvalue weighted by molar-refractivity contribution is 0.162. The van der Waals surface area contributed by atoms with Crippen molar-refractivity contribution in [1.82, 2.24) is 30.5 Å². The second kappa shape index (κ2) is 9.14. The normalized spacial score (nSPS) is 14.5. The molecule has 6 aromatic rings. The number of aromatic amines is 2. The van der Waals surface area contributed by atoms with Crippen molar-refractivity contribution in [2.75, 3.05) is 13.1 Å². The standard InChI is InChI=1S/C29H26N6OS/c1-17-5-6-27(37-17)22-3-2-4-25-23(22)13-26(33-25)28-24-12-19(15-32-29(24)35-34-28)18-11-21(16-31-14-18)36-20-7-9-30-10-8-20/h2-6,11-16,20,30,33H,7-10H2,1H3,(H,32,34,35). The lowest BCUT2D eigenvalue weighted by Gasteiger charge is -2.23. The van der Waals surface area contributed by atoms with Gasteiger partial charge in [0.05, 0.1) is 11.9 Å². The van der Waals surface area contributed by atoms with E-state index in [0.29, 0.717) is 0 Å². The Bertz CT molecular complexity index is 1730. The highest BCUT2D eigenvalue weighted by atomic mass is 32.1. The number of thiophene rings is 1. The maximum atomic E-state index is 6.22. The molecule has 7 rings (SSSR count). The van der Waals surface area contributed by atoms with E-state index in [1.54, 1.807) is 6.20 Å². The van der Waals surface area contributed by atoms with Crippen LogP contribution in [0.1, 0.15) is 17.7 Å². The summed E-state index contributed by atoms with van der Waals surface area (Å²) in [5.41, 5.74) is 6.83. The lowest BCUT2D eigenvalue weighted by Crippen LogP contribution is -2.34. The molecule has 1 aliphatic heterocycles. The predicted octanol–water partition coefficient (Wildman–Crippen LogP) is 6.34. The number of piperidine rings is 1. The highest BCUT2D eigenvalue weighted by Crippen LogP contribution is 2.37. The molecule has 3 N–H and O–H groups in total. The fraction of sp³-hybridized carbons (Fsp3) is 0.207. The largest absolute Gasteiger partial charge is 0.489 e. The van der Waals surface area contributed by atoms with Crippen LogP contribution in [0.15, 0.2) is 67.1 Å². The van der Waals surface area contributed by atoms with Gasteiger partial charge in [-0.3, -0.25) is 10.1 Å². The van der Waals surface area contributed by atoms with Crippen LogP contribution >= 0.6 is 11.3 Å². The summed E-state index contributed by atoms with van der Waals surface area (Å²) in [5, 5.41) is 13.3. The second-order valence-electron chi connectivity index (χ2n) is 9.53. The number of rotatable bonds is 5. The maximum Gasteiger partial charge on any atom is 0.155 e. The van der Waals surface area contributed by atoms with Gasteiger partial charge >= 0.3 is 0 Å². The van der Waals surface area contributed by atoms with Crippen LogP contribution in [0.2, 0.25) is 0 Å². The molecule has 0 saturated carbocycles. The molecule has 1 aliphatic rings. The zero-order valence-electron chi connectivity index (χ0n) is 20.4. The highest BCUT2D eigenvalue weighted by molar-refractivity contribution is 7.15. The van der Waals surface area contributed by atoms with E-state index < -0.39 is 0 Å². The predicted molar refractivity (Wildman–Crippen MR) is 149 cm³/mol. The summed E-state index contributed by atoms with van der Waals surface area (Å²) >= 11 is 1.81. The number of benzene rings is 1. The van der Waals surface area contributed by atoms with Gasteiger partial charge in [0.2, 0.25) is 0 Å². The molecule has 0 atom stereocenters. The van der Waals surface area contributed by atoms with Crippen molar-refractivity contribution in [2.45, 2.75) is 25.9 Å². The molecule has 0 bridgehead atoms. The van der Waals surface area contributed by atoms with Gasteiger partial charge in [0, 0.05) is 55.1 Å². The SMILES string of the molecule is Cc1ccc(-c2cccc3[nH]c(-c4n[nH]c5ncc(-c6cncc(OC7CCNCC7)c6)cc45)cc23)s1. The first kappa shape index (κ1) is 22.2. The van der Waals surface area contributed by atoms with Gasteiger partial charge in [-0.25, -0.2) is 4.98 Å². The zero-order chi connectivity index (χ0) is 24.8. The summed E-state index contributed by atoms with van der Waals surface area (Å²) in [6.45, 7) is 4.12. The minimum absolute atomic E-state index is 0.226. The van der Waals surface area contributed by atoms with Crippen molar-refractivity contribution in [3.05, 3.63) is 72.0 Å². The summed E-state index contributed by atoms with van der Waals surface area (Å²) in [7, 11) is 0. The van der Waals surface area contributed by atoms with E-state index in [4.69, 9.17) is 4.74 Å². The number of H-pyrrole nitrogens is 2. The van der Waals surface area contributed by atoms with Gasteiger partial charge in [-0.2, -0.15) is 5.10 Å². The van der Waals surface area contributed by atoms with E-state index in [-0.39, 0.29) is 6.10 Å². The Labute approximate surface area is 217 Å². The molecule has 1 saturated heterocycles. The van der Waals surface area contributed by atoms with Gasteiger partial charge in [-0.05, 0) is 69.3 Å². The third kappa shape index (κ3) is 4.18. The Morgan fingerprint density at radius 3 is 2.70 bits per heavy atom. The van der Waals surface area contributed by atoms with Crippen molar-refractivity contribution >= 4 is 33.3 Å². The molecule has 184 valence electrons. The number of hydrogen-bond acceptors (Lipinski definition) is 6. The quantitative estimate of drug-likeness (QED) is 0.254. The number of nitrogens with zero attached hydrogens (tertiary/aromatic N) is 3. The number of fused-ring (bicyclic) bond motifs is 2. The van der Waals surface area contributed by atoms with Crippen molar-refractivity contribution < 1.29 is 4.74 Å². The molecule has 7 nitrogen and oxygen atoms in total. The third-order valence-electron chi connectivity index (χ3n) is 6.98. The number of ether oxygens (including phenoxy) is 1. The number of hydrogen-bond donors (Lipinski definition) is 3. The van der Waals surface area contributed by atoms with E-state index in [1.807, 2.05) is 23.7 Å². The number of nitrogens with one attached hydrogen (secondary N) is 3. The Kier molecular flexibility index (Phi) is 5.48. The smallest absolute Gasteiger partial charge is 0.155 e. The average Bonchev–Trinajstić information content (AvgIpc) is 3.66. The summed E-state index contributed by atoms with van der Waals surface area (Å²) in [4.78, 5) is 15.3. The van der Waals surface area contributed by atoms with Crippen LogP contribution in [0.4, 0.5) is 0 Å². The molecule has 1 fully saturated rings. The monoisotopic (exact) mass is 506 g/mol. The first-order chi connectivity index (χ1) is 18.2. The van der Waals surface area contributed by atoms with E-state index in [9.17, 15) is 0 Å². The topological polar surface area (TPSA) is 91.5 Å². The average molecular weight is 507 g/mol. The van der Waals surface area contributed by atoms with Crippen molar-refractivity contribution in [2.24, 2.45) is 0 Å². The molecule has 6 heterocycles. The second-order valence-corrected chi connectivity index (χ2v) is 10.8. The molecule has 37 heavy (non-hydrogen) atoms. The van der Waals surface area contributed by atoms with E-state index in [2.05, 4.69) is 85.9 Å². The number of aromatic nitrogens is 5. The Balaban J connectivity index is 1.26. The molecule has 0 spiro atoms. The molecular weight excluding hydrogens is 480 g/mol. The summed E-state index contributed by atoms with van der Waals surface area (Å²) in [6, 6.07) is 17.1. The van der Waals surface area contributed by atoms with E-state index >= 15 is 0 Å². The van der Waals surface area contributed by atoms with Gasteiger partial charge in [0.25, 0.3) is 0 Å². The first-order valence-corrected chi connectivity index (χ1v) is 13.4.